The molecule has 0 aromatic heterocycles. The van der Waals surface area contributed by atoms with Gasteiger partial charge < -0.3 is 4.74 Å². The average molecular weight is 218 g/mol. The number of hydrogen-bond acceptors (Lipinski definition) is 1. The van der Waals surface area contributed by atoms with Crippen LogP contribution in [0.15, 0.2) is 24.3 Å². The molecule has 0 saturated heterocycles. The molecule has 1 aromatic rings. The van der Waals surface area contributed by atoms with Crippen molar-refractivity contribution in [3.8, 4) is 5.75 Å². The van der Waals surface area contributed by atoms with Gasteiger partial charge in [0.2, 0.25) is 0 Å². The topological polar surface area (TPSA) is 9.23 Å². The van der Waals surface area contributed by atoms with Gasteiger partial charge in [-0.25, -0.2) is 0 Å². The smallest absolute Gasteiger partial charge is 0.119 e. The van der Waals surface area contributed by atoms with E-state index in [2.05, 4.69) is 38.1 Å². The van der Waals surface area contributed by atoms with E-state index in [1.807, 2.05) is 0 Å². The molecule has 0 heterocycles. The monoisotopic (exact) mass is 218 g/mol. The van der Waals surface area contributed by atoms with Crippen molar-refractivity contribution >= 4 is 0 Å². The summed E-state index contributed by atoms with van der Waals surface area (Å²) in [6, 6.07) is 8.51. The van der Waals surface area contributed by atoms with Gasteiger partial charge in [0.15, 0.2) is 0 Å². The Bertz CT molecular complexity index is 320. The molecular formula is C15H22O. The van der Waals surface area contributed by atoms with E-state index in [4.69, 9.17) is 4.74 Å². The molecule has 1 nitrogen and oxygen atoms in total. The van der Waals surface area contributed by atoms with Gasteiger partial charge in [-0.1, -0.05) is 38.8 Å². The zero-order valence-corrected chi connectivity index (χ0v) is 10.5. The highest BCUT2D eigenvalue weighted by atomic mass is 16.5. The van der Waals surface area contributed by atoms with Crippen molar-refractivity contribution in [2.24, 2.45) is 5.41 Å². The molecule has 1 aliphatic rings. The van der Waals surface area contributed by atoms with Crippen LogP contribution in [0.5, 0.6) is 5.75 Å². The Morgan fingerprint density at radius 2 is 1.75 bits per heavy atom. The molecular weight excluding hydrogens is 196 g/mol. The van der Waals surface area contributed by atoms with Crippen LogP contribution in [0.25, 0.3) is 0 Å². The van der Waals surface area contributed by atoms with Crippen LogP contribution in [-0.4, -0.2) is 6.61 Å². The third-order valence-electron chi connectivity index (χ3n) is 3.73. The lowest BCUT2D eigenvalue weighted by molar-refractivity contribution is 0.168. The molecule has 0 N–H and O–H groups in total. The number of rotatable bonds is 4. The minimum atomic E-state index is 0.420. The minimum absolute atomic E-state index is 0.420. The van der Waals surface area contributed by atoms with Gasteiger partial charge in [0.25, 0.3) is 0 Å². The summed E-state index contributed by atoms with van der Waals surface area (Å²) in [6.07, 6.45) is 6.47. The first kappa shape index (κ1) is 11.5. The average Bonchev–Trinajstić information content (AvgIpc) is 2.75. The standard InChI is InChI=1S/C15H22O/c1-3-13-6-8-14(9-7-13)16-12-15(2)10-4-5-11-15/h6-9H,3-5,10-12H2,1-2H3. The maximum atomic E-state index is 5.89. The molecule has 1 aromatic carbocycles. The molecule has 88 valence electrons. The zero-order chi connectivity index (χ0) is 11.4. The van der Waals surface area contributed by atoms with Gasteiger partial charge in [0.1, 0.15) is 5.75 Å². The van der Waals surface area contributed by atoms with Crippen molar-refractivity contribution in [1.29, 1.82) is 0 Å². The summed E-state index contributed by atoms with van der Waals surface area (Å²) in [5.41, 5.74) is 1.79. The third-order valence-corrected chi connectivity index (χ3v) is 3.73. The molecule has 2 rings (SSSR count). The fourth-order valence-electron chi connectivity index (χ4n) is 2.45. The summed E-state index contributed by atoms with van der Waals surface area (Å²) in [7, 11) is 0. The van der Waals surface area contributed by atoms with Crippen molar-refractivity contribution < 1.29 is 4.74 Å². The Morgan fingerprint density at radius 1 is 1.12 bits per heavy atom. The van der Waals surface area contributed by atoms with Crippen LogP contribution in [0.1, 0.15) is 45.1 Å². The van der Waals surface area contributed by atoms with Gasteiger partial charge in [-0.3, -0.25) is 0 Å². The minimum Gasteiger partial charge on any atom is -0.493 e. The Morgan fingerprint density at radius 3 is 2.31 bits per heavy atom. The summed E-state index contributed by atoms with van der Waals surface area (Å²) in [6.45, 7) is 5.40. The summed E-state index contributed by atoms with van der Waals surface area (Å²) in [5.74, 6) is 1.02. The molecule has 0 bridgehead atoms. The van der Waals surface area contributed by atoms with Crippen LogP contribution < -0.4 is 4.74 Å². The fourth-order valence-corrected chi connectivity index (χ4v) is 2.45. The van der Waals surface area contributed by atoms with Crippen LogP contribution >= 0.6 is 0 Å². The van der Waals surface area contributed by atoms with Crippen molar-refractivity contribution in [3.05, 3.63) is 29.8 Å². The first-order chi connectivity index (χ1) is 7.72. The highest BCUT2D eigenvalue weighted by Crippen LogP contribution is 2.37. The summed E-state index contributed by atoms with van der Waals surface area (Å²) < 4.78 is 5.89. The second-order valence-corrected chi connectivity index (χ2v) is 5.30. The Labute approximate surface area is 98.8 Å². The lowest BCUT2D eigenvalue weighted by Crippen LogP contribution is -2.21. The second-order valence-electron chi connectivity index (χ2n) is 5.30. The van der Waals surface area contributed by atoms with Crippen LogP contribution in [0.3, 0.4) is 0 Å². The molecule has 1 heteroatoms. The van der Waals surface area contributed by atoms with Crippen LogP contribution in [0, 0.1) is 5.41 Å². The largest absolute Gasteiger partial charge is 0.493 e. The maximum absolute atomic E-state index is 5.89. The van der Waals surface area contributed by atoms with E-state index in [1.54, 1.807) is 0 Å². The molecule has 0 atom stereocenters. The van der Waals surface area contributed by atoms with Crippen LogP contribution in [0.2, 0.25) is 0 Å². The zero-order valence-electron chi connectivity index (χ0n) is 10.5. The molecule has 0 spiro atoms. The van der Waals surface area contributed by atoms with E-state index >= 15 is 0 Å². The van der Waals surface area contributed by atoms with E-state index in [0.717, 1.165) is 18.8 Å². The highest BCUT2D eigenvalue weighted by molar-refractivity contribution is 5.27. The van der Waals surface area contributed by atoms with Crippen LogP contribution in [-0.2, 0) is 6.42 Å². The molecule has 0 amide bonds. The molecule has 1 aliphatic carbocycles. The van der Waals surface area contributed by atoms with Gasteiger partial charge in [-0.15, -0.1) is 0 Å². The summed E-state index contributed by atoms with van der Waals surface area (Å²) >= 11 is 0. The van der Waals surface area contributed by atoms with Gasteiger partial charge in [-0.2, -0.15) is 0 Å². The van der Waals surface area contributed by atoms with E-state index in [9.17, 15) is 0 Å². The van der Waals surface area contributed by atoms with E-state index in [1.165, 1.54) is 31.2 Å². The SMILES string of the molecule is CCc1ccc(OCC2(C)CCCC2)cc1. The number of ether oxygens (including phenoxy) is 1. The number of aryl methyl sites for hydroxylation is 1. The first-order valence-electron chi connectivity index (χ1n) is 6.44. The third kappa shape index (κ3) is 2.78. The maximum Gasteiger partial charge on any atom is 0.119 e. The van der Waals surface area contributed by atoms with Crippen molar-refractivity contribution in [3.63, 3.8) is 0 Å². The van der Waals surface area contributed by atoms with Crippen molar-refractivity contribution in [2.75, 3.05) is 6.61 Å². The van der Waals surface area contributed by atoms with Crippen LogP contribution in [0.4, 0.5) is 0 Å². The predicted molar refractivity (Wildman–Crippen MR) is 67.9 cm³/mol. The lowest BCUT2D eigenvalue weighted by atomic mass is 9.90. The van der Waals surface area contributed by atoms with Gasteiger partial charge in [0.05, 0.1) is 6.61 Å². The molecule has 16 heavy (non-hydrogen) atoms. The molecule has 0 unspecified atom stereocenters. The van der Waals surface area contributed by atoms with Crippen molar-refractivity contribution in [1.82, 2.24) is 0 Å². The van der Waals surface area contributed by atoms with E-state index < -0.39 is 0 Å². The molecule has 0 aliphatic heterocycles. The number of hydrogen-bond donors (Lipinski definition) is 0. The number of benzene rings is 1. The molecule has 1 saturated carbocycles. The summed E-state index contributed by atoms with van der Waals surface area (Å²) in [5, 5.41) is 0. The molecule has 0 radical (unpaired) electrons. The fraction of sp³-hybridized carbons (Fsp3) is 0.600. The summed E-state index contributed by atoms with van der Waals surface area (Å²) in [4.78, 5) is 0. The van der Waals surface area contributed by atoms with Gasteiger partial charge in [0, 0.05) is 5.41 Å². The van der Waals surface area contributed by atoms with E-state index in [0.29, 0.717) is 5.41 Å². The lowest BCUT2D eigenvalue weighted by Gasteiger charge is -2.23. The quantitative estimate of drug-likeness (QED) is 0.735. The van der Waals surface area contributed by atoms with Gasteiger partial charge in [-0.05, 0) is 37.0 Å². The Balaban J connectivity index is 1.89. The van der Waals surface area contributed by atoms with Crippen molar-refractivity contribution in [2.45, 2.75) is 46.0 Å². The Kier molecular flexibility index (Phi) is 3.52. The highest BCUT2D eigenvalue weighted by Gasteiger charge is 2.29. The Hall–Kier alpha value is -0.980. The van der Waals surface area contributed by atoms with E-state index in [-0.39, 0.29) is 0 Å². The molecule has 1 fully saturated rings. The first-order valence-corrected chi connectivity index (χ1v) is 6.44. The van der Waals surface area contributed by atoms with Gasteiger partial charge >= 0.3 is 0 Å². The predicted octanol–water partition coefficient (Wildman–Crippen LogP) is 4.21. The normalized spacial score (nSPS) is 18.6. The second kappa shape index (κ2) is 4.90.